The number of sulfonamides is 1. The van der Waals surface area contributed by atoms with E-state index in [0.29, 0.717) is 0 Å². The zero-order valence-corrected chi connectivity index (χ0v) is 13.7. The maximum atomic E-state index is 12.0. The Morgan fingerprint density at radius 2 is 2.35 bits per heavy atom. The van der Waals surface area contributed by atoms with Gasteiger partial charge in [0.25, 0.3) is 0 Å². The molecule has 1 aromatic rings. The molecule has 20 heavy (non-hydrogen) atoms. The van der Waals surface area contributed by atoms with Gasteiger partial charge in [0.05, 0.1) is 5.75 Å². The van der Waals surface area contributed by atoms with E-state index in [4.69, 9.17) is 0 Å². The quantitative estimate of drug-likeness (QED) is 0.840. The molecule has 1 aliphatic heterocycles. The normalized spacial score (nSPS) is 21.1. The van der Waals surface area contributed by atoms with Gasteiger partial charge in [0, 0.05) is 24.0 Å². The van der Waals surface area contributed by atoms with Crippen LogP contribution in [-0.4, -0.2) is 38.2 Å². The average Bonchev–Trinajstić information content (AvgIpc) is 2.89. The molecular formula is C14H24N2O2S2. The molecule has 1 saturated heterocycles. The first-order chi connectivity index (χ1) is 9.59. The van der Waals surface area contributed by atoms with Crippen molar-refractivity contribution in [2.24, 2.45) is 0 Å². The minimum absolute atomic E-state index is 0.0746. The Labute approximate surface area is 126 Å². The van der Waals surface area contributed by atoms with Crippen LogP contribution in [0.1, 0.15) is 37.5 Å². The molecule has 0 radical (unpaired) electrons. The lowest BCUT2D eigenvalue weighted by molar-refractivity contribution is 0.196. The second-order valence-corrected chi connectivity index (χ2v) is 8.35. The molecular weight excluding hydrogens is 292 g/mol. The van der Waals surface area contributed by atoms with E-state index in [2.05, 4.69) is 27.1 Å². The van der Waals surface area contributed by atoms with E-state index in [1.807, 2.05) is 6.92 Å². The second-order valence-electron chi connectivity index (χ2n) is 5.44. The molecule has 114 valence electrons. The van der Waals surface area contributed by atoms with Gasteiger partial charge in [0.15, 0.2) is 0 Å². The Morgan fingerprint density at radius 3 is 3.05 bits per heavy atom. The summed E-state index contributed by atoms with van der Waals surface area (Å²) < 4.78 is 26.8. The van der Waals surface area contributed by atoms with Crippen molar-refractivity contribution in [1.82, 2.24) is 9.62 Å². The summed E-state index contributed by atoms with van der Waals surface area (Å²) in [4.78, 5) is 3.70. The monoisotopic (exact) mass is 316 g/mol. The summed E-state index contributed by atoms with van der Waals surface area (Å²) in [5, 5.41) is 2.09. The summed E-state index contributed by atoms with van der Waals surface area (Å²) in [6, 6.07) is 4.28. The van der Waals surface area contributed by atoms with Crippen molar-refractivity contribution in [1.29, 1.82) is 0 Å². The number of hydrogen-bond acceptors (Lipinski definition) is 4. The van der Waals surface area contributed by atoms with Crippen molar-refractivity contribution in [3.8, 4) is 0 Å². The first kappa shape index (κ1) is 15.9. The van der Waals surface area contributed by atoms with Crippen LogP contribution >= 0.6 is 11.3 Å². The highest BCUT2D eigenvalue weighted by Gasteiger charge is 2.24. The van der Waals surface area contributed by atoms with E-state index in [9.17, 15) is 8.42 Å². The lowest BCUT2D eigenvalue weighted by Crippen LogP contribution is -2.47. The number of unbranched alkanes of at least 4 members (excludes halogenated alkanes) is 1. The lowest BCUT2D eigenvalue weighted by atomic mass is 10.1. The highest BCUT2D eigenvalue weighted by Crippen LogP contribution is 2.17. The zero-order chi connectivity index (χ0) is 14.4. The van der Waals surface area contributed by atoms with Crippen molar-refractivity contribution in [3.63, 3.8) is 0 Å². The Hall–Kier alpha value is -0.430. The highest BCUT2D eigenvalue weighted by molar-refractivity contribution is 7.89. The second kappa shape index (κ2) is 7.54. The molecule has 2 heterocycles. The standard InChI is InChI=1S/C14H24N2O2S2/c1-2-3-10-20(17,18)15-13-6-4-8-16(11-13)12-14-7-5-9-19-14/h5,7,9,13,15H,2-4,6,8,10-12H2,1H3. The fourth-order valence-electron chi connectivity index (χ4n) is 2.57. The largest absolute Gasteiger partial charge is 0.297 e. The van der Waals surface area contributed by atoms with Crippen molar-refractivity contribution < 1.29 is 8.42 Å². The van der Waals surface area contributed by atoms with Crippen LogP contribution in [0.2, 0.25) is 0 Å². The van der Waals surface area contributed by atoms with Gasteiger partial charge in [-0.25, -0.2) is 13.1 Å². The highest BCUT2D eigenvalue weighted by atomic mass is 32.2. The molecule has 0 bridgehead atoms. The molecule has 1 unspecified atom stereocenters. The first-order valence-electron chi connectivity index (χ1n) is 7.34. The van der Waals surface area contributed by atoms with Crippen LogP contribution in [0.15, 0.2) is 17.5 Å². The van der Waals surface area contributed by atoms with Gasteiger partial charge in [-0.2, -0.15) is 0 Å². The van der Waals surface area contributed by atoms with Gasteiger partial charge in [-0.3, -0.25) is 4.90 Å². The van der Waals surface area contributed by atoms with E-state index < -0.39 is 10.0 Å². The molecule has 0 spiro atoms. The van der Waals surface area contributed by atoms with Crippen LogP contribution in [0, 0.1) is 0 Å². The molecule has 0 saturated carbocycles. The first-order valence-corrected chi connectivity index (χ1v) is 9.87. The van der Waals surface area contributed by atoms with Gasteiger partial charge in [-0.05, 0) is 37.3 Å². The fraction of sp³-hybridized carbons (Fsp3) is 0.714. The van der Waals surface area contributed by atoms with Crippen LogP contribution in [0.25, 0.3) is 0 Å². The van der Waals surface area contributed by atoms with Crippen LogP contribution in [0.5, 0.6) is 0 Å². The van der Waals surface area contributed by atoms with E-state index in [1.165, 1.54) is 4.88 Å². The van der Waals surface area contributed by atoms with Crippen molar-refractivity contribution in [2.45, 2.75) is 45.2 Å². The predicted octanol–water partition coefficient (Wildman–Crippen LogP) is 2.43. The average molecular weight is 316 g/mol. The molecule has 4 nitrogen and oxygen atoms in total. The van der Waals surface area contributed by atoms with E-state index in [0.717, 1.165) is 45.3 Å². The Bertz CT molecular complexity index is 485. The number of likely N-dealkylation sites (tertiary alicyclic amines) is 1. The van der Waals surface area contributed by atoms with E-state index in [1.54, 1.807) is 11.3 Å². The van der Waals surface area contributed by atoms with Gasteiger partial charge in [0.1, 0.15) is 0 Å². The minimum Gasteiger partial charge on any atom is -0.297 e. The van der Waals surface area contributed by atoms with E-state index in [-0.39, 0.29) is 11.8 Å². The molecule has 1 atom stereocenters. The zero-order valence-electron chi connectivity index (χ0n) is 12.0. The maximum Gasteiger partial charge on any atom is 0.211 e. The summed E-state index contributed by atoms with van der Waals surface area (Å²) in [6.45, 7) is 4.83. The van der Waals surface area contributed by atoms with Crippen LogP contribution < -0.4 is 4.72 Å². The fourth-order valence-corrected chi connectivity index (χ4v) is 4.80. The summed E-state index contributed by atoms with van der Waals surface area (Å²) in [6.07, 6.45) is 3.66. The van der Waals surface area contributed by atoms with Crippen LogP contribution in [0.3, 0.4) is 0 Å². The number of thiophene rings is 1. The van der Waals surface area contributed by atoms with Crippen molar-refractivity contribution in [3.05, 3.63) is 22.4 Å². The topological polar surface area (TPSA) is 49.4 Å². The number of nitrogens with zero attached hydrogens (tertiary/aromatic N) is 1. The third-order valence-corrected chi connectivity index (χ3v) is 5.96. The number of hydrogen-bond donors (Lipinski definition) is 1. The maximum absolute atomic E-state index is 12.0. The Morgan fingerprint density at radius 1 is 1.50 bits per heavy atom. The SMILES string of the molecule is CCCCS(=O)(=O)NC1CCCN(Cc2cccs2)C1. The minimum atomic E-state index is -3.10. The van der Waals surface area contributed by atoms with Crippen LogP contribution in [0.4, 0.5) is 0 Å². The number of rotatable bonds is 7. The summed E-state index contributed by atoms with van der Waals surface area (Å²) in [5.41, 5.74) is 0. The Balaban J connectivity index is 1.84. The molecule has 0 amide bonds. The van der Waals surface area contributed by atoms with Crippen molar-refractivity contribution in [2.75, 3.05) is 18.8 Å². The number of nitrogens with one attached hydrogen (secondary N) is 1. The van der Waals surface area contributed by atoms with Gasteiger partial charge < -0.3 is 0 Å². The summed E-state index contributed by atoms with van der Waals surface area (Å²) >= 11 is 1.76. The third-order valence-electron chi connectivity index (χ3n) is 3.58. The molecule has 1 aliphatic rings. The van der Waals surface area contributed by atoms with Crippen molar-refractivity contribution >= 4 is 21.4 Å². The smallest absolute Gasteiger partial charge is 0.211 e. The molecule has 6 heteroatoms. The summed E-state index contributed by atoms with van der Waals surface area (Å²) in [5.74, 6) is 0.255. The molecule has 1 aromatic heterocycles. The third kappa shape index (κ3) is 5.16. The van der Waals surface area contributed by atoms with Gasteiger partial charge in [0.2, 0.25) is 10.0 Å². The molecule has 2 rings (SSSR count). The van der Waals surface area contributed by atoms with E-state index >= 15 is 0 Å². The molecule has 1 N–H and O–H groups in total. The summed E-state index contributed by atoms with van der Waals surface area (Å²) in [7, 11) is -3.10. The van der Waals surface area contributed by atoms with Gasteiger partial charge in [-0.15, -0.1) is 11.3 Å². The Kier molecular flexibility index (Phi) is 6.01. The van der Waals surface area contributed by atoms with Gasteiger partial charge in [-0.1, -0.05) is 19.4 Å². The van der Waals surface area contributed by atoms with Gasteiger partial charge >= 0.3 is 0 Å². The lowest BCUT2D eigenvalue weighted by Gasteiger charge is -2.32. The predicted molar refractivity (Wildman–Crippen MR) is 84.4 cm³/mol. The van der Waals surface area contributed by atoms with Crippen LogP contribution in [-0.2, 0) is 16.6 Å². The molecule has 1 fully saturated rings. The molecule has 0 aliphatic carbocycles. The number of piperidine rings is 1. The molecule has 0 aromatic carbocycles.